The fraction of sp³-hybridized carbons (Fsp3) is 0.393. The quantitative estimate of drug-likeness (QED) is 0.483. The molecule has 4 aromatic rings. The first-order valence-corrected chi connectivity index (χ1v) is 12.4. The van der Waals surface area contributed by atoms with Crippen molar-refractivity contribution in [1.82, 2.24) is 29.7 Å². The number of rotatable bonds is 4. The van der Waals surface area contributed by atoms with Gasteiger partial charge in [0.05, 0.1) is 11.2 Å². The average Bonchev–Trinajstić information content (AvgIpc) is 3.29. The fourth-order valence-corrected chi connectivity index (χ4v) is 5.43. The summed E-state index contributed by atoms with van der Waals surface area (Å²) < 4.78 is 0. The molecule has 6 nitrogen and oxygen atoms in total. The minimum Gasteiger partial charge on any atom is -0.346 e. The largest absolute Gasteiger partial charge is 0.346 e. The van der Waals surface area contributed by atoms with Crippen molar-refractivity contribution in [2.45, 2.75) is 25.7 Å². The average molecular weight is 453 g/mol. The molecule has 6 rings (SSSR count). The molecule has 1 aromatic carbocycles. The summed E-state index contributed by atoms with van der Waals surface area (Å²) >= 11 is 0. The Morgan fingerprint density at radius 1 is 0.941 bits per heavy atom. The molecule has 2 aliphatic rings. The van der Waals surface area contributed by atoms with Gasteiger partial charge in [-0.15, -0.1) is 0 Å². The van der Waals surface area contributed by atoms with E-state index < -0.39 is 0 Å². The molecule has 5 heterocycles. The van der Waals surface area contributed by atoms with Crippen molar-refractivity contribution < 1.29 is 0 Å². The number of H-pyrrole nitrogens is 1. The van der Waals surface area contributed by atoms with E-state index in [2.05, 4.69) is 70.4 Å². The van der Waals surface area contributed by atoms with Gasteiger partial charge in [-0.05, 0) is 93.7 Å². The van der Waals surface area contributed by atoms with Gasteiger partial charge in [-0.2, -0.15) is 0 Å². The summed E-state index contributed by atoms with van der Waals surface area (Å²) in [5.41, 5.74) is 8.14. The van der Waals surface area contributed by atoms with Crippen LogP contribution >= 0.6 is 0 Å². The minimum atomic E-state index is 0.695. The lowest BCUT2D eigenvalue weighted by atomic mass is 9.90. The van der Waals surface area contributed by atoms with Gasteiger partial charge in [-0.3, -0.25) is 0 Å². The molecule has 2 aliphatic heterocycles. The molecule has 3 aromatic heterocycles. The van der Waals surface area contributed by atoms with Gasteiger partial charge in [-0.25, -0.2) is 15.0 Å². The molecule has 0 bridgehead atoms. The Labute approximate surface area is 200 Å². The number of nitrogens with zero attached hydrogens (tertiary/aromatic N) is 5. The number of benzene rings is 1. The molecule has 0 aliphatic carbocycles. The van der Waals surface area contributed by atoms with Gasteiger partial charge in [0.25, 0.3) is 0 Å². The number of piperidine rings is 1. The first kappa shape index (κ1) is 21.4. The number of hydrogen-bond donors (Lipinski definition) is 1. The van der Waals surface area contributed by atoms with Gasteiger partial charge in [0, 0.05) is 41.8 Å². The summed E-state index contributed by atoms with van der Waals surface area (Å²) in [7, 11) is 4.39. The molecule has 174 valence electrons. The molecule has 0 saturated carbocycles. The third-order valence-electron chi connectivity index (χ3n) is 7.66. The fourth-order valence-electron chi connectivity index (χ4n) is 5.43. The van der Waals surface area contributed by atoms with Crippen molar-refractivity contribution in [3.8, 4) is 11.1 Å². The van der Waals surface area contributed by atoms with Crippen LogP contribution in [0.4, 0.5) is 0 Å². The maximum atomic E-state index is 4.75. The lowest BCUT2D eigenvalue weighted by Crippen LogP contribution is -2.31. The molecule has 0 spiro atoms. The standard InChI is InChI=1S/C28H32N6/c1-33-9-5-19(6-10-33)13-27-24-14-21(3-4-26(24)31-18-32-27)25-17-30-28-23(25)15-22(16-29-28)20-7-11-34(2)12-8-20/h3-4,7,14-19H,5-6,8-13H2,1-2H3,(H,29,30). The lowest BCUT2D eigenvalue weighted by molar-refractivity contribution is 0.218. The van der Waals surface area contributed by atoms with Crippen molar-refractivity contribution in [1.29, 1.82) is 0 Å². The molecule has 1 saturated heterocycles. The van der Waals surface area contributed by atoms with Gasteiger partial charge in [0.2, 0.25) is 0 Å². The number of fused-ring (bicyclic) bond motifs is 2. The van der Waals surface area contributed by atoms with E-state index in [1.807, 2.05) is 6.20 Å². The Hall–Kier alpha value is -3.09. The molecular weight excluding hydrogens is 420 g/mol. The molecule has 6 heteroatoms. The summed E-state index contributed by atoms with van der Waals surface area (Å²) in [6.07, 6.45) is 12.7. The Kier molecular flexibility index (Phi) is 5.63. The second-order valence-electron chi connectivity index (χ2n) is 10.1. The monoisotopic (exact) mass is 452 g/mol. The van der Waals surface area contributed by atoms with Crippen LogP contribution in [0.2, 0.25) is 0 Å². The Balaban J connectivity index is 1.37. The van der Waals surface area contributed by atoms with Crippen molar-refractivity contribution in [2.24, 2.45) is 5.92 Å². The number of pyridine rings is 1. The maximum absolute atomic E-state index is 4.75. The van der Waals surface area contributed by atoms with E-state index in [9.17, 15) is 0 Å². The van der Waals surface area contributed by atoms with E-state index in [0.717, 1.165) is 37.1 Å². The summed E-state index contributed by atoms with van der Waals surface area (Å²) in [6, 6.07) is 8.90. The van der Waals surface area contributed by atoms with E-state index in [1.54, 1.807) is 6.33 Å². The van der Waals surface area contributed by atoms with Gasteiger partial charge >= 0.3 is 0 Å². The highest BCUT2D eigenvalue weighted by Crippen LogP contribution is 2.33. The van der Waals surface area contributed by atoms with Gasteiger partial charge in [-0.1, -0.05) is 12.1 Å². The Morgan fingerprint density at radius 3 is 2.62 bits per heavy atom. The first-order valence-electron chi connectivity index (χ1n) is 12.4. The van der Waals surface area contributed by atoms with Crippen molar-refractivity contribution in [2.75, 3.05) is 40.3 Å². The van der Waals surface area contributed by atoms with Gasteiger partial charge < -0.3 is 14.8 Å². The van der Waals surface area contributed by atoms with Crippen LogP contribution in [-0.4, -0.2) is 70.0 Å². The third kappa shape index (κ3) is 4.12. The summed E-state index contributed by atoms with van der Waals surface area (Å²) in [6.45, 7) is 4.44. The van der Waals surface area contributed by atoms with Crippen LogP contribution in [0.5, 0.6) is 0 Å². The highest BCUT2D eigenvalue weighted by molar-refractivity contribution is 5.97. The predicted octanol–water partition coefficient (Wildman–Crippen LogP) is 4.78. The minimum absolute atomic E-state index is 0.695. The smallest absolute Gasteiger partial charge is 0.137 e. The zero-order chi connectivity index (χ0) is 23.1. The third-order valence-corrected chi connectivity index (χ3v) is 7.66. The number of likely N-dealkylation sites (tertiary alicyclic amines) is 1. The molecule has 0 amide bonds. The molecule has 1 N–H and O–H groups in total. The van der Waals surface area contributed by atoms with E-state index >= 15 is 0 Å². The zero-order valence-electron chi connectivity index (χ0n) is 20.1. The number of likely N-dealkylation sites (N-methyl/N-ethyl adjacent to an activating group) is 1. The van der Waals surface area contributed by atoms with E-state index in [4.69, 9.17) is 9.97 Å². The molecule has 0 unspecified atom stereocenters. The second-order valence-corrected chi connectivity index (χ2v) is 10.1. The van der Waals surface area contributed by atoms with Crippen molar-refractivity contribution in [3.63, 3.8) is 0 Å². The normalized spacial score (nSPS) is 18.6. The molecule has 0 atom stereocenters. The van der Waals surface area contributed by atoms with Gasteiger partial charge in [0.1, 0.15) is 12.0 Å². The lowest BCUT2D eigenvalue weighted by Gasteiger charge is -2.28. The van der Waals surface area contributed by atoms with Gasteiger partial charge in [0.15, 0.2) is 0 Å². The van der Waals surface area contributed by atoms with E-state index in [0.29, 0.717) is 5.92 Å². The van der Waals surface area contributed by atoms with Crippen LogP contribution in [0, 0.1) is 5.92 Å². The van der Waals surface area contributed by atoms with Crippen LogP contribution in [0.25, 0.3) is 38.6 Å². The Bertz CT molecular complexity index is 1360. The number of aromatic amines is 1. The van der Waals surface area contributed by atoms with E-state index in [-0.39, 0.29) is 0 Å². The second kappa shape index (κ2) is 8.93. The zero-order valence-corrected chi connectivity index (χ0v) is 20.1. The number of hydrogen-bond acceptors (Lipinski definition) is 5. The SMILES string of the molecule is CN1CC=C(c2cnc3[nH]cc(-c4ccc5ncnc(CC6CCN(C)CC6)c5c4)c3c2)CC1. The predicted molar refractivity (Wildman–Crippen MR) is 139 cm³/mol. The van der Waals surface area contributed by atoms with Crippen LogP contribution in [0.15, 0.2) is 49.1 Å². The van der Waals surface area contributed by atoms with Crippen LogP contribution in [0.1, 0.15) is 30.5 Å². The van der Waals surface area contributed by atoms with Crippen LogP contribution < -0.4 is 0 Å². The molecule has 34 heavy (non-hydrogen) atoms. The highest BCUT2D eigenvalue weighted by atomic mass is 15.1. The summed E-state index contributed by atoms with van der Waals surface area (Å²) in [5, 5.41) is 2.35. The summed E-state index contributed by atoms with van der Waals surface area (Å²) in [5.74, 6) is 0.695. The summed E-state index contributed by atoms with van der Waals surface area (Å²) in [4.78, 5) is 22.2. The maximum Gasteiger partial charge on any atom is 0.137 e. The van der Waals surface area contributed by atoms with E-state index in [1.165, 1.54) is 64.7 Å². The molecular formula is C28H32N6. The molecule has 1 fully saturated rings. The Morgan fingerprint density at radius 2 is 1.79 bits per heavy atom. The van der Waals surface area contributed by atoms with Crippen LogP contribution in [0.3, 0.4) is 0 Å². The number of aromatic nitrogens is 4. The van der Waals surface area contributed by atoms with Crippen molar-refractivity contribution >= 4 is 27.5 Å². The topological polar surface area (TPSA) is 60.9 Å². The van der Waals surface area contributed by atoms with Crippen LogP contribution in [-0.2, 0) is 6.42 Å². The molecule has 0 radical (unpaired) electrons. The number of nitrogens with one attached hydrogen (secondary N) is 1. The first-order chi connectivity index (χ1) is 16.6. The van der Waals surface area contributed by atoms with Crippen molar-refractivity contribution in [3.05, 3.63) is 60.3 Å². The highest BCUT2D eigenvalue weighted by Gasteiger charge is 2.19.